The van der Waals surface area contributed by atoms with Crippen molar-refractivity contribution in [1.82, 2.24) is 5.32 Å². The normalized spacial score (nSPS) is 10.3. The third-order valence-corrected chi connectivity index (χ3v) is 3.02. The van der Waals surface area contributed by atoms with Crippen molar-refractivity contribution in [1.29, 1.82) is 0 Å². The molecule has 0 saturated carbocycles. The van der Waals surface area contributed by atoms with Crippen molar-refractivity contribution >= 4 is 28.9 Å². The lowest BCUT2D eigenvalue weighted by Crippen LogP contribution is -2.34. The molecular weight excluding hydrogens is 315 g/mol. The molecule has 0 radical (unpaired) electrons. The maximum atomic E-state index is 13.5. The second-order valence-corrected chi connectivity index (χ2v) is 5.49. The summed E-state index contributed by atoms with van der Waals surface area (Å²) < 4.78 is 19.1. The van der Waals surface area contributed by atoms with Crippen molar-refractivity contribution < 1.29 is 13.9 Å². The molecule has 23 heavy (non-hydrogen) atoms. The van der Waals surface area contributed by atoms with Gasteiger partial charge in [0, 0.05) is 5.56 Å². The van der Waals surface area contributed by atoms with Gasteiger partial charge in [0.2, 0.25) is 0 Å². The van der Waals surface area contributed by atoms with E-state index in [1.165, 1.54) is 12.1 Å². The molecule has 2 rings (SSSR count). The maximum Gasteiger partial charge on any atom is 0.257 e. The minimum atomic E-state index is -0.448. The van der Waals surface area contributed by atoms with E-state index in [0.717, 1.165) is 0 Å². The number of halogens is 1. The third-order valence-electron chi connectivity index (χ3n) is 2.82. The van der Waals surface area contributed by atoms with E-state index in [-0.39, 0.29) is 16.9 Å². The Balaban J connectivity index is 2.01. The highest BCUT2D eigenvalue weighted by Crippen LogP contribution is 2.15. The minimum absolute atomic E-state index is 0.0112. The molecule has 0 aliphatic carbocycles. The van der Waals surface area contributed by atoms with Crippen molar-refractivity contribution in [3.63, 3.8) is 0 Å². The number of amides is 1. The molecule has 0 saturated heterocycles. The van der Waals surface area contributed by atoms with Crippen molar-refractivity contribution in [2.75, 3.05) is 5.32 Å². The van der Waals surface area contributed by atoms with E-state index >= 15 is 0 Å². The molecule has 2 N–H and O–H groups in total. The molecule has 2 aromatic rings. The summed E-state index contributed by atoms with van der Waals surface area (Å²) in [4.78, 5) is 12.2. The molecule has 0 spiro atoms. The summed E-state index contributed by atoms with van der Waals surface area (Å²) in [6.07, 6.45) is 0.0112. The first-order valence-electron chi connectivity index (χ1n) is 7.09. The van der Waals surface area contributed by atoms with E-state index in [1.54, 1.807) is 36.4 Å². The minimum Gasteiger partial charge on any atom is -0.491 e. The topological polar surface area (TPSA) is 50.4 Å². The van der Waals surface area contributed by atoms with Crippen LogP contribution in [0.1, 0.15) is 24.2 Å². The van der Waals surface area contributed by atoms with Gasteiger partial charge in [-0.3, -0.25) is 10.1 Å². The molecule has 4 nitrogen and oxygen atoms in total. The predicted octanol–water partition coefficient (Wildman–Crippen LogP) is 3.74. The van der Waals surface area contributed by atoms with E-state index in [1.807, 2.05) is 13.8 Å². The number of anilines is 1. The third kappa shape index (κ3) is 5.03. The fourth-order valence-corrected chi connectivity index (χ4v) is 2.08. The SMILES string of the molecule is CC(C)Oc1cccc(C(=O)NC(=S)Nc2ccccc2F)c1. The zero-order valence-corrected chi connectivity index (χ0v) is 13.6. The lowest BCUT2D eigenvalue weighted by Gasteiger charge is -2.12. The number of hydrogen-bond acceptors (Lipinski definition) is 3. The molecule has 0 atom stereocenters. The molecule has 6 heteroatoms. The fourth-order valence-electron chi connectivity index (χ4n) is 1.87. The van der Waals surface area contributed by atoms with Crippen LogP contribution in [0.2, 0.25) is 0 Å². The molecule has 120 valence electrons. The number of carbonyl (C=O) groups is 1. The van der Waals surface area contributed by atoms with Crippen LogP contribution >= 0.6 is 12.2 Å². The summed E-state index contributed by atoms with van der Waals surface area (Å²) in [5, 5.41) is 5.19. The molecule has 0 aromatic heterocycles. The quantitative estimate of drug-likeness (QED) is 0.838. The van der Waals surface area contributed by atoms with E-state index in [2.05, 4.69) is 10.6 Å². The zero-order chi connectivity index (χ0) is 16.8. The monoisotopic (exact) mass is 332 g/mol. The fraction of sp³-hybridized carbons (Fsp3) is 0.176. The van der Waals surface area contributed by atoms with Gasteiger partial charge in [0.1, 0.15) is 11.6 Å². The second-order valence-electron chi connectivity index (χ2n) is 5.08. The van der Waals surface area contributed by atoms with Gasteiger partial charge >= 0.3 is 0 Å². The van der Waals surface area contributed by atoms with Crippen molar-refractivity contribution in [2.45, 2.75) is 20.0 Å². The number of carbonyl (C=O) groups excluding carboxylic acids is 1. The maximum absolute atomic E-state index is 13.5. The molecule has 0 bridgehead atoms. The van der Waals surface area contributed by atoms with Gasteiger partial charge in [0.25, 0.3) is 5.91 Å². The molecule has 0 aliphatic rings. The van der Waals surface area contributed by atoms with Gasteiger partial charge in [0.15, 0.2) is 5.11 Å². The van der Waals surface area contributed by atoms with Gasteiger partial charge in [-0.25, -0.2) is 4.39 Å². The Morgan fingerprint density at radius 2 is 1.91 bits per heavy atom. The van der Waals surface area contributed by atoms with Crippen LogP contribution in [0.25, 0.3) is 0 Å². The lowest BCUT2D eigenvalue weighted by molar-refractivity contribution is 0.0977. The first kappa shape index (κ1) is 16.9. The van der Waals surface area contributed by atoms with Crippen LogP contribution in [0.15, 0.2) is 48.5 Å². The number of hydrogen-bond donors (Lipinski definition) is 2. The first-order chi connectivity index (χ1) is 11.0. The largest absolute Gasteiger partial charge is 0.491 e. The average Bonchev–Trinajstić information content (AvgIpc) is 2.49. The van der Waals surface area contributed by atoms with Crippen LogP contribution in [0, 0.1) is 5.82 Å². The highest BCUT2D eigenvalue weighted by Gasteiger charge is 2.10. The van der Waals surface area contributed by atoms with Crippen LogP contribution in [-0.4, -0.2) is 17.1 Å². The van der Waals surface area contributed by atoms with E-state index in [4.69, 9.17) is 17.0 Å². The molecule has 0 aliphatic heterocycles. The van der Waals surface area contributed by atoms with Gasteiger partial charge in [-0.15, -0.1) is 0 Å². The second kappa shape index (κ2) is 7.69. The zero-order valence-electron chi connectivity index (χ0n) is 12.8. The Bertz CT molecular complexity index is 719. The lowest BCUT2D eigenvalue weighted by atomic mass is 10.2. The molecule has 0 heterocycles. The van der Waals surface area contributed by atoms with Crippen molar-refractivity contribution in [2.24, 2.45) is 0 Å². The summed E-state index contributed by atoms with van der Waals surface area (Å²) in [5.74, 6) is -0.245. The number of ether oxygens (including phenoxy) is 1. The summed E-state index contributed by atoms with van der Waals surface area (Å²) in [6, 6.07) is 12.8. The molecule has 0 unspecified atom stereocenters. The smallest absolute Gasteiger partial charge is 0.257 e. The highest BCUT2D eigenvalue weighted by atomic mass is 32.1. The Labute approximate surface area is 139 Å². The van der Waals surface area contributed by atoms with Gasteiger partial charge in [0.05, 0.1) is 11.8 Å². The molecule has 2 aromatic carbocycles. The standard InChI is InChI=1S/C17H17FN2O2S/c1-11(2)22-13-7-5-6-12(10-13)16(21)20-17(23)19-15-9-4-3-8-14(15)18/h3-11H,1-2H3,(H2,19,20,21,23). The summed E-state index contributed by atoms with van der Waals surface area (Å²) in [5.41, 5.74) is 0.607. The van der Waals surface area contributed by atoms with E-state index in [9.17, 15) is 9.18 Å². The predicted molar refractivity (Wildman–Crippen MR) is 92.3 cm³/mol. The Kier molecular flexibility index (Phi) is 5.65. The number of rotatable bonds is 4. The van der Waals surface area contributed by atoms with Crippen LogP contribution in [0.5, 0.6) is 5.75 Å². The van der Waals surface area contributed by atoms with Gasteiger partial charge in [-0.2, -0.15) is 0 Å². The highest BCUT2D eigenvalue weighted by molar-refractivity contribution is 7.80. The number of para-hydroxylation sites is 1. The summed E-state index contributed by atoms with van der Waals surface area (Å²) in [7, 11) is 0. The van der Waals surface area contributed by atoms with Crippen LogP contribution in [0.3, 0.4) is 0 Å². The summed E-state index contributed by atoms with van der Waals surface area (Å²) in [6.45, 7) is 3.81. The molecular formula is C17H17FN2O2S. The number of nitrogens with one attached hydrogen (secondary N) is 2. The van der Waals surface area contributed by atoms with E-state index < -0.39 is 11.7 Å². The average molecular weight is 332 g/mol. The molecule has 0 fully saturated rings. The van der Waals surface area contributed by atoms with Crippen LogP contribution in [-0.2, 0) is 0 Å². The summed E-state index contributed by atoms with van der Waals surface area (Å²) >= 11 is 5.03. The Morgan fingerprint density at radius 1 is 1.17 bits per heavy atom. The van der Waals surface area contributed by atoms with Crippen LogP contribution < -0.4 is 15.4 Å². The van der Waals surface area contributed by atoms with Crippen LogP contribution in [0.4, 0.5) is 10.1 Å². The molecule has 1 amide bonds. The first-order valence-corrected chi connectivity index (χ1v) is 7.50. The van der Waals surface area contributed by atoms with E-state index in [0.29, 0.717) is 11.3 Å². The van der Waals surface area contributed by atoms with Gasteiger partial charge in [-0.1, -0.05) is 18.2 Å². The Hall–Kier alpha value is -2.47. The number of thiocarbonyl (C=S) groups is 1. The van der Waals surface area contributed by atoms with Crippen molar-refractivity contribution in [3.05, 3.63) is 59.9 Å². The van der Waals surface area contributed by atoms with Gasteiger partial charge < -0.3 is 10.1 Å². The van der Waals surface area contributed by atoms with Crippen molar-refractivity contribution in [3.8, 4) is 5.75 Å². The van der Waals surface area contributed by atoms with Gasteiger partial charge in [-0.05, 0) is 56.4 Å². The number of benzene rings is 2. The Morgan fingerprint density at radius 3 is 2.61 bits per heavy atom.